The molecule has 7 nitrogen and oxygen atoms in total. The number of fused-ring (bicyclic) bond motifs is 1. The lowest BCUT2D eigenvalue weighted by Crippen LogP contribution is -2.41. The number of ether oxygens (including phenoxy) is 2. The van der Waals surface area contributed by atoms with Crippen molar-refractivity contribution in [1.82, 2.24) is 5.32 Å². The van der Waals surface area contributed by atoms with E-state index in [1.165, 1.54) is 36.4 Å². The van der Waals surface area contributed by atoms with Crippen LogP contribution in [0, 0.1) is 5.82 Å². The second-order valence-electron chi connectivity index (χ2n) is 8.14. The molecular formula is C26H26ClFN2O5S2. The molecule has 3 aromatic carbocycles. The largest absolute Gasteiger partial charge is 0.486 e. The van der Waals surface area contributed by atoms with E-state index in [2.05, 4.69) is 5.32 Å². The molecule has 0 aliphatic carbocycles. The molecule has 0 unspecified atom stereocenters. The second-order valence-corrected chi connectivity index (χ2v) is 11.5. The van der Waals surface area contributed by atoms with E-state index >= 15 is 0 Å². The number of amides is 1. The van der Waals surface area contributed by atoms with Crippen LogP contribution in [0.2, 0.25) is 5.02 Å². The summed E-state index contributed by atoms with van der Waals surface area (Å²) in [6.45, 7) is 0.527. The smallest absolute Gasteiger partial charge is 0.264 e. The second kappa shape index (κ2) is 12.5. The molecule has 196 valence electrons. The van der Waals surface area contributed by atoms with E-state index in [9.17, 15) is 17.6 Å². The summed E-state index contributed by atoms with van der Waals surface area (Å²) in [5, 5.41) is 3.48. The number of halogens is 2. The van der Waals surface area contributed by atoms with Gasteiger partial charge in [-0.1, -0.05) is 35.9 Å². The quantitative estimate of drug-likeness (QED) is 0.334. The summed E-state index contributed by atoms with van der Waals surface area (Å²) in [7, 11) is -4.22. The van der Waals surface area contributed by atoms with Crippen LogP contribution in [-0.2, 0) is 20.6 Å². The van der Waals surface area contributed by atoms with Gasteiger partial charge in [0.05, 0.1) is 10.6 Å². The Morgan fingerprint density at radius 3 is 2.59 bits per heavy atom. The summed E-state index contributed by atoms with van der Waals surface area (Å²) in [5.74, 6) is 1.17. The minimum Gasteiger partial charge on any atom is -0.486 e. The first-order chi connectivity index (χ1) is 17.8. The monoisotopic (exact) mass is 564 g/mol. The first-order valence-electron chi connectivity index (χ1n) is 11.6. The first kappa shape index (κ1) is 27.1. The van der Waals surface area contributed by atoms with Gasteiger partial charge >= 0.3 is 0 Å². The molecule has 0 aromatic heterocycles. The van der Waals surface area contributed by atoms with Crippen LogP contribution in [0.5, 0.6) is 11.5 Å². The van der Waals surface area contributed by atoms with Gasteiger partial charge in [-0.3, -0.25) is 9.10 Å². The van der Waals surface area contributed by atoms with E-state index < -0.39 is 28.3 Å². The summed E-state index contributed by atoms with van der Waals surface area (Å²) >= 11 is 7.86. The van der Waals surface area contributed by atoms with Gasteiger partial charge in [0.1, 0.15) is 25.6 Å². The third kappa shape index (κ3) is 7.09. The Hall–Kier alpha value is -2.95. The number of hydrogen-bond donors (Lipinski definition) is 1. The molecule has 1 heterocycles. The molecule has 4 rings (SSSR count). The Morgan fingerprint density at radius 1 is 1.03 bits per heavy atom. The van der Waals surface area contributed by atoms with Gasteiger partial charge in [-0.2, -0.15) is 11.8 Å². The molecule has 1 aliphatic rings. The average molecular weight is 565 g/mol. The van der Waals surface area contributed by atoms with Crippen LogP contribution >= 0.6 is 23.4 Å². The van der Waals surface area contributed by atoms with Crippen molar-refractivity contribution in [3.05, 3.63) is 83.1 Å². The highest BCUT2D eigenvalue weighted by Crippen LogP contribution is 2.34. The number of benzene rings is 3. The fourth-order valence-corrected chi connectivity index (χ4v) is 6.32. The minimum absolute atomic E-state index is 0.0420. The van der Waals surface area contributed by atoms with E-state index in [4.69, 9.17) is 21.1 Å². The molecule has 3 aromatic rings. The average Bonchev–Trinajstić information content (AvgIpc) is 2.89. The number of rotatable bonds is 11. The van der Waals surface area contributed by atoms with Crippen LogP contribution in [0.3, 0.4) is 0 Å². The maximum atomic E-state index is 14.0. The maximum absolute atomic E-state index is 14.0. The molecule has 0 bridgehead atoms. The maximum Gasteiger partial charge on any atom is 0.264 e. The fraction of sp³-hybridized carbons (Fsp3) is 0.269. The van der Waals surface area contributed by atoms with Crippen molar-refractivity contribution in [3.63, 3.8) is 0 Å². The van der Waals surface area contributed by atoms with Gasteiger partial charge in [0.2, 0.25) is 5.91 Å². The van der Waals surface area contributed by atoms with Crippen LogP contribution in [0.4, 0.5) is 10.1 Å². The van der Waals surface area contributed by atoms with E-state index in [1.54, 1.807) is 11.8 Å². The molecule has 0 saturated carbocycles. The molecular weight excluding hydrogens is 539 g/mol. The van der Waals surface area contributed by atoms with Crippen LogP contribution in [0.25, 0.3) is 0 Å². The Labute approximate surface area is 225 Å². The number of nitrogens with one attached hydrogen (secondary N) is 1. The Morgan fingerprint density at radius 2 is 1.81 bits per heavy atom. The molecule has 1 amide bonds. The summed E-state index contributed by atoms with van der Waals surface area (Å²) in [6.07, 6.45) is 0.690. The molecule has 0 atom stereocenters. The Bertz CT molecular complexity index is 1360. The van der Waals surface area contributed by atoms with E-state index in [-0.39, 0.29) is 10.6 Å². The van der Waals surface area contributed by atoms with Crippen LogP contribution in [-0.4, -0.2) is 46.4 Å². The van der Waals surface area contributed by atoms with E-state index in [0.717, 1.165) is 32.5 Å². The molecule has 1 N–H and O–H groups in total. The molecule has 11 heteroatoms. The number of thioether (sulfide) groups is 1. The molecule has 0 spiro atoms. The highest BCUT2D eigenvalue weighted by molar-refractivity contribution is 7.98. The zero-order valence-corrected chi connectivity index (χ0v) is 22.3. The van der Waals surface area contributed by atoms with Crippen LogP contribution in [0.15, 0.2) is 71.6 Å². The number of carbonyl (C=O) groups is 1. The minimum atomic E-state index is -4.22. The third-order valence-electron chi connectivity index (χ3n) is 5.49. The SMILES string of the molecule is O=C(CN(c1cccc(F)c1)S(=O)(=O)c1ccc2c(c1)OCCO2)NCCCSCc1ccccc1Cl. The lowest BCUT2D eigenvalue weighted by atomic mass is 10.2. The summed E-state index contributed by atoms with van der Waals surface area (Å²) in [5.41, 5.74) is 1.09. The van der Waals surface area contributed by atoms with Crippen LogP contribution in [0.1, 0.15) is 12.0 Å². The predicted octanol–water partition coefficient (Wildman–Crippen LogP) is 4.89. The lowest BCUT2D eigenvalue weighted by Gasteiger charge is -2.25. The van der Waals surface area contributed by atoms with Crippen molar-refractivity contribution in [1.29, 1.82) is 0 Å². The summed E-state index contributed by atoms with van der Waals surface area (Å²) < 4.78 is 53.0. The summed E-state index contributed by atoms with van der Waals surface area (Å²) in [4.78, 5) is 12.6. The van der Waals surface area contributed by atoms with Crippen molar-refractivity contribution in [2.24, 2.45) is 0 Å². The van der Waals surface area contributed by atoms with Gasteiger partial charge < -0.3 is 14.8 Å². The van der Waals surface area contributed by atoms with Gasteiger partial charge in [0, 0.05) is 23.4 Å². The number of anilines is 1. The molecule has 37 heavy (non-hydrogen) atoms. The van der Waals surface area contributed by atoms with Gasteiger partial charge in [0.15, 0.2) is 11.5 Å². The van der Waals surface area contributed by atoms with Gasteiger partial charge in [-0.05, 0) is 54.1 Å². The number of nitrogens with zero attached hydrogens (tertiary/aromatic N) is 1. The molecule has 0 saturated heterocycles. The van der Waals surface area contributed by atoms with E-state index in [0.29, 0.717) is 37.7 Å². The Balaban J connectivity index is 1.39. The molecule has 1 aliphatic heterocycles. The number of sulfonamides is 1. The Kier molecular flexibility index (Phi) is 9.18. The van der Waals surface area contributed by atoms with E-state index in [1.807, 2.05) is 24.3 Å². The zero-order valence-electron chi connectivity index (χ0n) is 19.9. The zero-order chi connectivity index (χ0) is 26.3. The lowest BCUT2D eigenvalue weighted by molar-refractivity contribution is -0.119. The fourth-order valence-electron chi connectivity index (χ4n) is 3.64. The van der Waals surface area contributed by atoms with Crippen molar-refractivity contribution in [3.8, 4) is 11.5 Å². The van der Waals surface area contributed by atoms with Crippen molar-refractivity contribution in [2.75, 3.05) is 36.4 Å². The number of hydrogen-bond acceptors (Lipinski definition) is 6. The van der Waals surface area contributed by atoms with Crippen LogP contribution < -0.4 is 19.1 Å². The highest BCUT2D eigenvalue weighted by Gasteiger charge is 2.29. The first-order valence-corrected chi connectivity index (χ1v) is 14.6. The highest BCUT2D eigenvalue weighted by atomic mass is 35.5. The standard InChI is InChI=1S/C26H26ClFN2O5S2/c27-23-8-2-1-5-19(23)18-36-14-4-11-29-26(31)17-30(21-7-3-6-20(28)15-21)37(32,33)22-9-10-24-25(16-22)35-13-12-34-24/h1-3,5-10,15-16H,4,11-14,17-18H2,(H,29,31). The third-order valence-corrected chi connectivity index (χ3v) is 8.72. The van der Waals surface area contributed by atoms with Gasteiger partial charge in [-0.15, -0.1) is 0 Å². The normalized spacial score (nSPS) is 12.7. The summed E-state index contributed by atoms with van der Waals surface area (Å²) in [6, 6.07) is 17.0. The number of carbonyl (C=O) groups excluding carboxylic acids is 1. The predicted molar refractivity (Wildman–Crippen MR) is 144 cm³/mol. The molecule has 0 radical (unpaired) electrons. The topological polar surface area (TPSA) is 84.9 Å². The van der Waals surface area contributed by atoms with Crippen molar-refractivity contribution >= 4 is 45.0 Å². The van der Waals surface area contributed by atoms with Crippen molar-refractivity contribution in [2.45, 2.75) is 17.1 Å². The van der Waals surface area contributed by atoms with Gasteiger partial charge in [-0.25, -0.2) is 12.8 Å². The van der Waals surface area contributed by atoms with Gasteiger partial charge in [0.25, 0.3) is 10.0 Å². The van der Waals surface area contributed by atoms with Crippen molar-refractivity contribution < 1.29 is 27.1 Å². The molecule has 0 fully saturated rings.